The summed E-state index contributed by atoms with van der Waals surface area (Å²) in [6.45, 7) is 2.04. The number of hydrogen-bond acceptors (Lipinski definition) is 3. The molecule has 3 heterocycles. The van der Waals surface area contributed by atoms with Gasteiger partial charge in [-0.2, -0.15) is 0 Å². The fourth-order valence-corrected chi connectivity index (χ4v) is 0.933. The molecule has 0 spiro atoms. The van der Waals surface area contributed by atoms with Gasteiger partial charge in [0.1, 0.15) is 6.10 Å². The Bertz CT molecular complexity index is 62.7. The van der Waals surface area contributed by atoms with Gasteiger partial charge in [0.25, 0.3) is 0 Å². The molecule has 0 aromatic heterocycles. The molecule has 3 fully saturated rings. The van der Waals surface area contributed by atoms with Crippen LogP contribution in [0.4, 0.5) is 0 Å². The van der Waals surface area contributed by atoms with Crippen molar-refractivity contribution < 1.29 is 14.2 Å². The van der Waals surface area contributed by atoms with Crippen LogP contribution in [0.5, 0.6) is 0 Å². The lowest BCUT2D eigenvalue weighted by Crippen LogP contribution is -2.46. The predicted octanol–water partition coefficient (Wildman–Crippen LogP) is -0.242. The Hall–Kier alpha value is -0.120. The van der Waals surface area contributed by atoms with Crippen LogP contribution < -0.4 is 0 Å². The maximum absolute atomic E-state index is 5.23. The van der Waals surface area contributed by atoms with Crippen molar-refractivity contribution in [1.82, 2.24) is 0 Å². The molecule has 8 heavy (non-hydrogen) atoms. The summed E-state index contributed by atoms with van der Waals surface area (Å²) >= 11 is 0. The Morgan fingerprint density at radius 1 is 0.875 bits per heavy atom. The van der Waals surface area contributed by atoms with E-state index in [4.69, 9.17) is 14.2 Å². The van der Waals surface area contributed by atoms with Crippen molar-refractivity contribution >= 4 is 0 Å². The molecule has 0 N–H and O–H groups in total. The molecule has 3 aliphatic rings. The van der Waals surface area contributed by atoms with E-state index >= 15 is 0 Å². The Morgan fingerprint density at radius 2 is 1.62 bits per heavy atom. The first-order valence-corrected chi connectivity index (χ1v) is 2.80. The largest absolute Gasteiger partial charge is 0.368 e. The molecule has 2 bridgehead atoms. The average molecular weight is 116 g/mol. The van der Waals surface area contributed by atoms with Crippen molar-refractivity contribution in [3.63, 3.8) is 0 Å². The van der Waals surface area contributed by atoms with Gasteiger partial charge in [0.15, 0.2) is 6.29 Å². The van der Waals surface area contributed by atoms with Crippen LogP contribution in [0.2, 0.25) is 0 Å². The number of ether oxygens (including phenoxy) is 3. The van der Waals surface area contributed by atoms with Crippen LogP contribution in [0, 0.1) is 0 Å². The van der Waals surface area contributed by atoms with Crippen molar-refractivity contribution in [2.24, 2.45) is 0 Å². The zero-order valence-electron chi connectivity index (χ0n) is 4.50. The van der Waals surface area contributed by atoms with Crippen molar-refractivity contribution in [1.29, 1.82) is 0 Å². The van der Waals surface area contributed by atoms with E-state index in [2.05, 4.69) is 0 Å². The van der Waals surface area contributed by atoms with Crippen molar-refractivity contribution in [3.05, 3.63) is 0 Å². The van der Waals surface area contributed by atoms with Gasteiger partial charge in [-0.25, -0.2) is 0 Å². The normalized spacial score (nSPS) is 45.0. The lowest BCUT2D eigenvalue weighted by Gasteiger charge is -2.35. The lowest BCUT2D eigenvalue weighted by atomic mass is 10.3. The van der Waals surface area contributed by atoms with Gasteiger partial charge in [-0.3, -0.25) is 0 Å². The molecule has 46 valence electrons. The molecule has 0 aliphatic carbocycles. The van der Waals surface area contributed by atoms with Crippen LogP contribution in [-0.2, 0) is 14.2 Å². The molecule has 0 amide bonds. The molecule has 0 aromatic carbocycles. The van der Waals surface area contributed by atoms with Gasteiger partial charge in [-0.1, -0.05) is 0 Å². The fraction of sp³-hybridized carbons (Fsp3) is 1.00. The smallest absolute Gasteiger partial charge is 0.181 e. The maximum atomic E-state index is 5.23. The fourth-order valence-electron chi connectivity index (χ4n) is 0.933. The summed E-state index contributed by atoms with van der Waals surface area (Å²) in [7, 11) is 0. The standard InChI is InChI=1S/C5H8O3/c1-4-2-8-5(7-1)3-6-4/h4-5H,1-3H2. The monoisotopic (exact) mass is 116 g/mol. The van der Waals surface area contributed by atoms with Gasteiger partial charge in [0.05, 0.1) is 19.8 Å². The van der Waals surface area contributed by atoms with Gasteiger partial charge in [0.2, 0.25) is 0 Å². The van der Waals surface area contributed by atoms with Crippen LogP contribution in [0.1, 0.15) is 0 Å². The van der Waals surface area contributed by atoms with Gasteiger partial charge in [-0.15, -0.1) is 0 Å². The third-order valence-corrected chi connectivity index (χ3v) is 1.40. The van der Waals surface area contributed by atoms with E-state index in [9.17, 15) is 0 Å². The lowest BCUT2D eigenvalue weighted by molar-refractivity contribution is -0.298. The minimum Gasteiger partial charge on any atom is -0.368 e. The topological polar surface area (TPSA) is 27.7 Å². The number of rotatable bonds is 0. The average Bonchev–Trinajstić information content (AvgIpc) is 1.92. The quantitative estimate of drug-likeness (QED) is 0.437. The Morgan fingerprint density at radius 3 is 1.75 bits per heavy atom. The highest BCUT2D eigenvalue weighted by Crippen LogP contribution is 2.15. The summed E-state index contributed by atoms with van der Waals surface area (Å²) in [5.41, 5.74) is 0. The van der Waals surface area contributed by atoms with Gasteiger partial charge < -0.3 is 14.2 Å². The molecular formula is C5H8O3. The first-order chi connectivity index (χ1) is 3.95. The highest BCUT2D eigenvalue weighted by molar-refractivity contribution is 4.67. The summed E-state index contributed by atoms with van der Waals surface area (Å²) in [6, 6.07) is 0. The van der Waals surface area contributed by atoms with Crippen LogP contribution >= 0.6 is 0 Å². The van der Waals surface area contributed by atoms with Crippen LogP contribution in [0.15, 0.2) is 0 Å². The molecule has 0 aromatic rings. The molecule has 0 saturated carbocycles. The number of fused-ring (bicyclic) bond motifs is 3. The van der Waals surface area contributed by atoms with E-state index in [0.29, 0.717) is 19.8 Å². The molecule has 3 rings (SSSR count). The first-order valence-electron chi connectivity index (χ1n) is 2.80. The second kappa shape index (κ2) is 1.69. The summed E-state index contributed by atoms with van der Waals surface area (Å²) in [6.07, 6.45) is 0.139. The van der Waals surface area contributed by atoms with Crippen LogP contribution in [0.25, 0.3) is 0 Å². The third kappa shape index (κ3) is 0.632. The van der Waals surface area contributed by atoms with Crippen molar-refractivity contribution in [3.8, 4) is 0 Å². The molecule has 0 atom stereocenters. The molecule has 0 unspecified atom stereocenters. The summed E-state index contributed by atoms with van der Waals surface area (Å²) < 4.78 is 15.5. The molecule has 0 radical (unpaired) electrons. The second-order valence-corrected chi connectivity index (χ2v) is 2.05. The molecule has 3 heteroatoms. The Labute approximate surface area is 47.5 Å². The molecular weight excluding hydrogens is 108 g/mol. The SMILES string of the molecule is C1OC2COC1CO2. The third-order valence-electron chi connectivity index (χ3n) is 1.40. The first kappa shape index (κ1) is 4.73. The Balaban J connectivity index is 2.03. The minimum absolute atomic E-state index is 0.0694. The Kier molecular flexibility index (Phi) is 0.997. The van der Waals surface area contributed by atoms with Crippen molar-refractivity contribution in [2.45, 2.75) is 12.4 Å². The molecule has 3 aliphatic heterocycles. The van der Waals surface area contributed by atoms with Crippen LogP contribution in [-0.4, -0.2) is 32.2 Å². The van der Waals surface area contributed by atoms with E-state index in [1.54, 1.807) is 0 Å². The number of hydrogen-bond donors (Lipinski definition) is 0. The van der Waals surface area contributed by atoms with E-state index in [1.807, 2.05) is 0 Å². The van der Waals surface area contributed by atoms with Gasteiger partial charge in [0, 0.05) is 0 Å². The zero-order chi connectivity index (χ0) is 5.40. The maximum Gasteiger partial charge on any atom is 0.181 e. The van der Waals surface area contributed by atoms with E-state index < -0.39 is 0 Å². The molecule has 3 saturated heterocycles. The van der Waals surface area contributed by atoms with Gasteiger partial charge >= 0.3 is 0 Å². The summed E-state index contributed by atoms with van der Waals surface area (Å²) in [5.74, 6) is 0. The molecule has 3 nitrogen and oxygen atoms in total. The highest BCUT2D eigenvalue weighted by Gasteiger charge is 2.29. The van der Waals surface area contributed by atoms with E-state index in [0.717, 1.165) is 0 Å². The van der Waals surface area contributed by atoms with E-state index in [-0.39, 0.29) is 12.4 Å². The van der Waals surface area contributed by atoms with Crippen molar-refractivity contribution in [2.75, 3.05) is 19.8 Å². The summed E-state index contributed by atoms with van der Waals surface area (Å²) in [5, 5.41) is 0. The minimum atomic E-state index is -0.0694. The van der Waals surface area contributed by atoms with Gasteiger partial charge in [-0.05, 0) is 0 Å². The van der Waals surface area contributed by atoms with E-state index in [1.165, 1.54) is 0 Å². The predicted molar refractivity (Wildman–Crippen MR) is 25.4 cm³/mol. The summed E-state index contributed by atoms with van der Waals surface area (Å²) in [4.78, 5) is 0. The second-order valence-electron chi connectivity index (χ2n) is 2.05. The van der Waals surface area contributed by atoms with Crippen LogP contribution in [0.3, 0.4) is 0 Å². The zero-order valence-corrected chi connectivity index (χ0v) is 4.50. The highest BCUT2D eigenvalue weighted by atomic mass is 16.7.